The zero-order valence-electron chi connectivity index (χ0n) is 17.7. The van der Waals surface area contributed by atoms with Crippen LogP contribution in [-0.4, -0.2) is 60.1 Å². The predicted octanol–water partition coefficient (Wildman–Crippen LogP) is 2.53. The van der Waals surface area contributed by atoms with Gasteiger partial charge in [0.1, 0.15) is 19.3 Å². The van der Waals surface area contributed by atoms with Gasteiger partial charge in [-0.1, -0.05) is 36.4 Å². The minimum Gasteiger partial charge on any atom is -0.459 e. The predicted molar refractivity (Wildman–Crippen MR) is 115 cm³/mol. The van der Waals surface area contributed by atoms with E-state index < -0.39 is 12.1 Å². The van der Waals surface area contributed by atoms with Gasteiger partial charge in [-0.05, 0) is 43.5 Å². The number of ether oxygens (including phenoxy) is 3. The van der Waals surface area contributed by atoms with E-state index in [2.05, 4.69) is 0 Å². The minimum atomic E-state index is -0.709. The van der Waals surface area contributed by atoms with E-state index in [4.69, 9.17) is 19.3 Å². The molecular formula is C24H28O8. The number of hydrogen-bond donors (Lipinski definition) is 2. The molecular weight excluding hydrogens is 416 g/mol. The quantitative estimate of drug-likeness (QED) is 0.447. The second kappa shape index (κ2) is 14.0. The smallest absolute Gasteiger partial charge is 0.338 e. The van der Waals surface area contributed by atoms with E-state index in [9.17, 15) is 19.5 Å². The summed E-state index contributed by atoms with van der Waals surface area (Å²) >= 11 is 0. The number of benzene rings is 2. The normalized spacial score (nSPS) is 15.7. The molecule has 172 valence electrons. The van der Waals surface area contributed by atoms with Crippen molar-refractivity contribution in [2.75, 3.05) is 19.8 Å². The fourth-order valence-electron chi connectivity index (χ4n) is 2.77. The molecule has 32 heavy (non-hydrogen) atoms. The van der Waals surface area contributed by atoms with Crippen LogP contribution >= 0.6 is 0 Å². The topological polar surface area (TPSA) is 119 Å². The van der Waals surface area contributed by atoms with E-state index in [1.807, 2.05) is 12.1 Å². The van der Waals surface area contributed by atoms with Gasteiger partial charge in [0, 0.05) is 13.0 Å². The van der Waals surface area contributed by atoms with Gasteiger partial charge in [-0.3, -0.25) is 4.79 Å². The van der Waals surface area contributed by atoms with E-state index in [-0.39, 0.29) is 37.9 Å². The van der Waals surface area contributed by atoms with Crippen LogP contribution in [0.1, 0.15) is 46.4 Å². The molecule has 0 bridgehead atoms. The Hall–Kier alpha value is -3.23. The van der Waals surface area contributed by atoms with Gasteiger partial charge in [-0.25, -0.2) is 9.59 Å². The highest BCUT2D eigenvalue weighted by atomic mass is 16.6. The van der Waals surface area contributed by atoms with Crippen molar-refractivity contribution in [3.63, 3.8) is 0 Å². The third-order valence-corrected chi connectivity index (χ3v) is 4.49. The van der Waals surface area contributed by atoms with Gasteiger partial charge in [0.25, 0.3) is 0 Å². The molecule has 2 N–H and O–H groups in total. The number of hydrogen-bond acceptors (Lipinski definition) is 8. The Morgan fingerprint density at radius 1 is 0.969 bits per heavy atom. The molecule has 1 heterocycles. The third-order valence-electron chi connectivity index (χ3n) is 4.49. The highest BCUT2D eigenvalue weighted by Gasteiger charge is 2.24. The molecule has 3 rings (SSSR count). The number of rotatable bonds is 9. The highest BCUT2D eigenvalue weighted by molar-refractivity contribution is 5.89. The lowest BCUT2D eigenvalue weighted by Crippen LogP contribution is -2.19. The summed E-state index contributed by atoms with van der Waals surface area (Å²) in [6, 6.07) is 17.4. The van der Waals surface area contributed by atoms with Crippen LogP contribution in [0.25, 0.3) is 0 Å². The Morgan fingerprint density at radius 3 is 2.03 bits per heavy atom. The van der Waals surface area contributed by atoms with E-state index in [0.717, 1.165) is 0 Å². The third kappa shape index (κ3) is 9.28. The Bertz CT molecular complexity index is 838. The van der Waals surface area contributed by atoms with Crippen molar-refractivity contribution in [1.29, 1.82) is 0 Å². The molecule has 0 amide bonds. The monoisotopic (exact) mass is 444 g/mol. The summed E-state index contributed by atoms with van der Waals surface area (Å²) in [5.41, 5.74) is 0.976. The second-order valence-corrected chi connectivity index (χ2v) is 7.10. The molecule has 8 heteroatoms. The maximum Gasteiger partial charge on any atom is 0.338 e. The number of carbonyl (C=O) groups excluding carboxylic acids is 3. The summed E-state index contributed by atoms with van der Waals surface area (Å²) in [4.78, 5) is 33.8. The summed E-state index contributed by atoms with van der Waals surface area (Å²) in [5.74, 6) is -1.05. The Kier molecular flexibility index (Phi) is 10.9. The molecule has 0 unspecified atom stereocenters. The average molecular weight is 444 g/mol. The first-order valence-electron chi connectivity index (χ1n) is 10.4. The first kappa shape index (κ1) is 25.0. The molecule has 0 saturated carbocycles. The lowest BCUT2D eigenvalue weighted by Gasteiger charge is -2.10. The van der Waals surface area contributed by atoms with Crippen LogP contribution in [0.15, 0.2) is 60.7 Å². The molecule has 0 radical (unpaired) electrons. The number of carbonyl (C=O) groups is 3. The maximum absolute atomic E-state index is 11.5. The average Bonchev–Trinajstić information content (AvgIpc) is 3.26. The molecule has 2 aromatic rings. The van der Waals surface area contributed by atoms with Crippen molar-refractivity contribution < 1.29 is 38.8 Å². The molecule has 1 saturated heterocycles. The zero-order valence-corrected chi connectivity index (χ0v) is 17.7. The lowest BCUT2D eigenvalue weighted by atomic mass is 10.2. The van der Waals surface area contributed by atoms with Gasteiger partial charge >= 0.3 is 17.9 Å². The van der Waals surface area contributed by atoms with Crippen molar-refractivity contribution in [2.45, 2.75) is 37.9 Å². The largest absolute Gasteiger partial charge is 0.459 e. The minimum absolute atomic E-state index is 0.0314. The number of cyclic esters (lactones) is 1. The molecule has 1 fully saturated rings. The van der Waals surface area contributed by atoms with Crippen LogP contribution in [0.5, 0.6) is 0 Å². The van der Waals surface area contributed by atoms with Crippen molar-refractivity contribution in [3.8, 4) is 0 Å². The van der Waals surface area contributed by atoms with E-state index in [0.29, 0.717) is 36.8 Å². The molecule has 8 nitrogen and oxygen atoms in total. The molecule has 0 aromatic heterocycles. The SMILES string of the molecule is O=C(OC[C@@H](O)CCCO)c1ccccc1.O=C1CC[C@@H](COC(=O)c2ccccc2)O1. The maximum atomic E-state index is 11.5. The van der Waals surface area contributed by atoms with Gasteiger partial charge in [0.2, 0.25) is 0 Å². The van der Waals surface area contributed by atoms with Crippen molar-refractivity contribution in [2.24, 2.45) is 0 Å². The summed E-state index contributed by atoms with van der Waals surface area (Å²) in [6.07, 6.45) is 0.983. The Balaban J connectivity index is 0.000000227. The summed E-state index contributed by atoms with van der Waals surface area (Å²) < 4.78 is 14.9. The van der Waals surface area contributed by atoms with Crippen LogP contribution in [-0.2, 0) is 19.0 Å². The molecule has 2 atom stereocenters. The van der Waals surface area contributed by atoms with E-state index in [1.54, 1.807) is 48.5 Å². The second-order valence-electron chi connectivity index (χ2n) is 7.10. The van der Waals surface area contributed by atoms with Crippen LogP contribution in [0.3, 0.4) is 0 Å². The van der Waals surface area contributed by atoms with E-state index >= 15 is 0 Å². The molecule has 1 aliphatic heterocycles. The van der Waals surface area contributed by atoms with Crippen molar-refractivity contribution in [3.05, 3.63) is 71.8 Å². The molecule has 2 aromatic carbocycles. The highest BCUT2D eigenvalue weighted by Crippen LogP contribution is 2.14. The van der Waals surface area contributed by atoms with Crippen LogP contribution < -0.4 is 0 Å². The van der Waals surface area contributed by atoms with Gasteiger partial charge in [-0.2, -0.15) is 0 Å². The standard InChI is InChI=1S/C12H12O4.C12H16O4/c13-11-7-6-10(16-11)8-15-12(14)9-4-2-1-3-5-9;13-8-4-7-11(14)9-16-12(15)10-5-2-1-3-6-10/h1-5,10H,6-8H2;1-3,5-6,11,13-14H,4,7-9H2/t10-;11-/m00/s1. The fourth-order valence-corrected chi connectivity index (χ4v) is 2.77. The number of esters is 3. The fraction of sp³-hybridized carbons (Fsp3) is 0.375. The van der Waals surface area contributed by atoms with Crippen molar-refractivity contribution >= 4 is 17.9 Å². The first-order valence-corrected chi connectivity index (χ1v) is 10.4. The van der Waals surface area contributed by atoms with Crippen LogP contribution in [0.2, 0.25) is 0 Å². The van der Waals surface area contributed by atoms with Gasteiger partial charge < -0.3 is 24.4 Å². The molecule has 1 aliphatic rings. The van der Waals surface area contributed by atoms with Crippen LogP contribution in [0.4, 0.5) is 0 Å². The van der Waals surface area contributed by atoms with Gasteiger partial charge in [0.15, 0.2) is 0 Å². The summed E-state index contributed by atoms with van der Waals surface area (Å²) in [7, 11) is 0. The zero-order chi connectivity index (χ0) is 23.2. The molecule has 0 spiro atoms. The van der Waals surface area contributed by atoms with Gasteiger partial charge in [0.05, 0.1) is 17.2 Å². The van der Waals surface area contributed by atoms with Crippen molar-refractivity contribution in [1.82, 2.24) is 0 Å². The Morgan fingerprint density at radius 2 is 1.53 bits per heavy atom. The number of aliphatic hydroxyl groups excluding tert-OH is 2. The number of aliphatic hydroxyl groups is 2. The summed E-state index contributed by atoms with van der Waals surface area (Å²) in [6.45, 7) is 0.136. The van der Waals surface area contributed by atoms with E-state index in [1.165, 1.54) is 0 Å². The lowest BCUT2D eigenvalue weighted by molar-refractivity contribution is -0.142. The first-order chi connectivity index (χ1) is 15.5. The van der Waals surface area contributed by atoms with Gasteiger partial charge in [-0.15, -0.1) is 0 Å². The Labute approximate surface area is 186 Å². The summed E-state index contributed by atoms with van der Waals surface area (Å²) in [5, 5.41) is 17.9. The molecule has 0 aliphatic carbocycles. The van der Waals surface area contributed by atoms with Crippen LogP contribution in [0, 0.1) is 0 Å².